The van der Waals surface area contributed by atoms with Gasteiger partial charge in [0.2, 0.25) is 0 Å². The molecule has 0 aromatic heterocycles. The Morgan fingerprint density at radius 1 is 1.12 bits per heavy atom. The van der Waals surface area contributed by atoms with Gasteiger partial charge in [-0.25, -0.2) is 0 Å². The summed E-state index contributed by atoms with van der Waals surface area (Å²) in [7, 11) is 0. The zero-order valence-electron chi connectivity index (χ0n) is 9.81. The lowest BCUT2D eigenvalue weighted by Gasteiger charge is -2.14. The molecule has 1 aromatic rings. The Morgan fingerprint density at radius 3 is 2.75 bits per heavy atom. The van der Waals surface area contributed by atoms with E-state index in [2.05, 4.69) is 47.5 Å². The van der Waals surface area contributed by atoms with Gasteiger partial charge in [0.15, 0.2) is 0 Å². The van der Waals surface area contributed by atoms with Crippen molar-refractivity contribution < 1.29 is 0 Å². The van der Waals surface area contributed by atoms with E-state index < -0.39 is 0 Å². The van der Waals surface area contributed by atoms with Crippen molar-refractivity contribution in [3.05, 3.63) is 35.9 Å². The van der Waals surface area contributed by atoms with Crippen LogP contribution in [0.3, 0.4) is 0 Å². The summed E-state index contributed by atoms with van der Waals surface area (Å²) in [5.74, 6) is 0.900. The molecule has 0 N–H and O–H groups in total. The van der Waals surface area contributed by atoms with Gasteiger partial charge in [-0.15, -0.1) is 0 Å². The summed E-state index contributed by atoms with van der Waals surface area (Å²) in [6.45, 7) is 2.31. The molecule has 1 aliphatic heterocycles. The number of nitrogens with zero attached hydrogens (tertiary/aromatic N) is 1. The maximum atomic E-state index is 4.44. The van der Waals surface area contributed by atoms with Crippen LogP contribution in [0.5, 0.6) is 0 Å². The van der Waals surface area contributed by atoms with Gasteiger partial charge in [-0.2, -0.15) is 0 Å². The van der Waals surface area contributed by atoms with E-state index in [-0.39, 0.29) is 0 Å². The molecule has 2 heteroatoms. The van der Waals surface area contributed by atoms with Gasteiger partial charge >= 0.3 is 0 Å². The van der Waals surface area contributed by atoms with E-state index in [9.17, 15) is 0 Å². The standard InChI is InChI=1S/C14H21NS/c16-15-11-4-7-14(10-12-15)9-8-13-5-2-1-3-6-13/h1-3,5-6,14,16H,4,7-12H2. The fourth-order valence-corrected chi connectivity index (χ4v) is 2.71. The molecule has 1 aromatic carbocycles. The third-order valence-corrected chi connectivity index (χ3v) is 3.91. The average molecular weight is 235 g/mol. The zero-order chi connectivity index (χ0) is 11.2. The van der Waals surface area contributed by atoms with Crippen molar-refractivity contribution in [3.63, 3.8) is 0 Å². The first kappa shape index (κ1) is 12.0. The Bertz CT molecular complexity index is 299. The molecule has 16 heavy (non-hydrogen) atoms. The summed E-state index contributed by atoms with van der Waals surface area (Å²) < 4.78 is 2.17. The van der Waals surface area contributed by atoms with Crippen molar-refractivity contribution in [2.75, 3.05) is 13.1 Å². The molecule has 0 saturated carbocycles. The molecule has 1 heterocycles. The molecule has 0 bridgehead atoms. The number of hydrogen-bond donors (Lipinski definition) is 1. The second kappa shape index (κ2) is 6.31. The Labute approximate surface area is 104 Å². The van der Waals surface area contributed by atoms with Crippen LogP contribution in [0.1, 0.15) is 31.2 Å². The molecular formula is C14H21NS. The predicted octanol–water partition coefficient (Wildman–Crippen LogP) is 3.57. The van der Waals surface area contributed by atoms with Crippen LogP contribution in [-0.2, 0) is 6.42 Å². The SMILES string of the molecule is SN1CCCC(CCc2ccccc2)CC1. The first-order valence-electron chi connectivity index (χ1n) is 6.32. The largest absolute Gasteiger partial charge is 0.253 e. The lowest BCUT2D eigenvalue weighted by Crippen LogP contribution is -2.13. The summed E-state index contributed by atoms with van der Waals surface area (Å²) in [6, 6.07) is 10.8. The first-order chi connectivity index (χ1) is 7.84. The smallest absolute Gasteiger partial charge is 0.00896 e. The van der Waals surface area contributed by atoms with Crippen LogP contribution < -0.4 is 0 Å². The molecule has 0 radical (unpaired) electrons. The van der Waals surface area contributed by atoms with Gasteiger partial charge in [-0.05, 0) is 43.6 Å². The van der Waals surface area contributed by atoms with Crippen molar-refractivity contribution in [3.8, 4) is 0 Å². The summed E-state index contributed by atoms with van der Waals surface area (Å²) in [4.78, 5) is 0. The van der Waals surface area contributed by atoms with Crippen molar-refractivity contribution >= 4 is 12.8 Å². The highest BCUT2D eigenvalue weighted by Gasteiger charge is 2.14. The van der Waals surface area contributed by atoms with Gasteiger partial charge in [-0.1, -0.05) is 43.1 Å². The van der Waals surface area contributed by atoms with Crippen LogP contribution in [0, 0.1) is 5.92 Å². The minimum Gasteiger partial charge on any atom is -0.253 e. The summed E-state index contributed by atoms with van der Waals surface area (Å²) in [5.41, 5.74) is 1.48. The Morgan fingerprint density at radius 2 is 1.94 bits per heavy atom. The summed E-state index contributed by atoms with van der Waals surface area (Å²) in [5, 5.41) is 0. The molecule has 2 rings (SSSR count). The monoisotopic (exact) mass is 235 g/mol. The Hall–Kier alpha value is -0.470. The highest BCUT2D eigenvalue weighted by Crippen LogP contribution is 2.23. The Balaban J connectivity index is 1.77. The molecule has 0 aliphatic carbocycles. The lowest BCUT2D eigenvalue weighted by atomic mass is 9.93. The highest BCUT2D eigenvalue weighted by molar-refractivity contribution is 7.77. The molecule has 1 aliphatic rings. The fourth-order valence-electron chi connectivity index (χ4n) is 2.45. The highest BCUT2D eigenvalue weighted by atomic mass is 32.1. The lowest BCUT2D eigenvalue weighted by molar-refractivity contribution is 0.426. The van der Waals surface area contributed by atoms with Crippen molar-refractivity contribution in [2.45, 2.75) is 32.1 Å². The molecule has 1 unspecified atom stereocenters. The van der Waals surface area contributed by atoms with Crippen LogP contribution in [0.2, 0.25) is 0 Å². The van der Waals surface area contributed by atoms with Crippen molar-refractivity contribution in [1.29, 1.82) is 0 Å². The van der Waals surface area contributed by atoms with Crippen LogP contribution >= 0.6 is 12.8 Å². The van der Waals surface area contributed by atoms with Gasteiger partial charge < -0.3 is 0 Å². The minimum atomic E-state index is 0.900. The third-order valence-electron chi connectivity index (χ3n) is 3.51. The van der Waals surface area contributed by atoms with Crippen LogP contribution in [0.25, 0.3) is 0 Å². The summed E-state index contributed by atoms with van der Waals surface area (Å²) >= 11 is 4.44. The van der Waals surface area contributed by atoms with E-state index in [1.165, 1.54) is 37.7 Å². The van der Waals surface area contributed by atoms with Crippen LogP contribution in [0.4, 0.5) is 0 Å². The molecule has 1 atom stereocenters. The van der Waals surface area contributed by atoms with Gasteiger partial charge in [0.05, 0.1) is 0 Å². The number of thiol groups is 1. The van der Waals surface area contributed by atoms with Crippen molar-refractivity contribution in [1.82, 2.24) is 4.31 Å². The van der Waals surface area contributed by atoms with E-state index >= 15 is 0 Å². The van der Waals surface area contributed by atoms with E-state index in [4.69, 9.17) is 0 Å². The number of hydrogen-bond acceptors (Lipinski definition) is 2. The number of benzene rings is 1. The molecule has 1 fully saturated rings. The van der Waals surface area contributed by atoms with Crippen LogP contribution in [-0.4, -0.2) is 17.4 Å². The van der Waals surface area contributed by atoms with Gasteiger partial charge in [0.25, 0.3) is 0 Å². The molecule has 1 saturated heterocycles. The predicted molar refractivity (Wildman–Crippen MR) is 72.7 cm³/mol. The van der Waals surface area contributed by atoms with E-state index in [0.717, 1.165) is 19.0 Å². The molecule has 1 nitrogen and oxygen atoms in total. The zero-order valence-corrected chi connectivity index (χ0v) is 10.7. The normalized spacial score (nSPS) is 22.9. The minimum absolute atomic E-state index is 0.900. The van der Waals surface area contributed by atoms with Crippen LogP contribution in [0.15, 0.2) is 30.3 Å². The average Bonchev–Trinajstić information content (AvgIpc) is 2.53. The first-order valence-corrected chi connectivity index (χ1v) is 6.72. The fraction of sp³-hybridized carbons (Fsp3) is 0.571. The maximum absolute atomic E-state index is 4.44. The second-order valence-electron chi connectivity index (χ2n) is 4.77. The number of aryl methyl sites for hydroxylation is 1. The Kier molecular flexibility index (Phi) is 4.73. The second-order valence-corrected chi connectivity index (χ2v) is 5.34. The molecule has 0 amide bonds. The quantitative estimate of drug-likeness (QED) is 0.784. The van der Waals surface area contributed by atoms with E-state index in [1.807, 2.05) is 0 Å². The maximum Gasteiger partial charge on any atom is 0.00896 e. The van der Waals surface area contributed by atoms with E-state index in [0.29, 0.717) is 0 Å². The molecule has 0 spiro atoms. The van der Waals surface area contributed by atoms with Gasteiger partial charge in [0.1, 0.15) is 0 Å². The third kappa shape index (κ3) is 3.84. The molecular weight excluding hydrogens is 214 g/mol. The van der Waals surface area contributed by atoms with Gasteiger partial charge in [-0.3, -0.25) is 4.31 Å². The topological polar surface area (TPSA) is 3.24 Å². The summed E-state index contributed by atoms with van der Waals surface area (Å²) in [6.07, 6.45) is 6.58. The van der Waals surface area contributed by atoms with Crippen molar-refractivity contribution in [2.24, 2.45) is 5.92 Å². The van der Waals surface area contributed by atoms with E-state index in [1.54, 1.807) is 0 Å². The molecule has 88 valence electrons. The number of rotatable bonds is 3. The van der Waals surface area contributed by atoms with Gasteiger partial charge in [0, 0.05) is 13.1 Å².